The van der Waals surface area contributed by atoms with E-state index in [1.54, 1.807) is 31.2 Å². The van der Waals surface area contributed by atoms with Gasteiger partial charge in [-0.05, 0) is 54.4 Å². The van der Waals surface area contributed by atoms with Crippen LogP contribution in [0.1, 0.15) is 31.4 Å². The van der Waals surface area contributed by atoms with E-state index < -0.39 is 23.7 Å². The van der Waals surface area contributed by atoms with Gasteiger partial charge in [-0.15, -0.1) is 0 Å². The summed E-state index contributed by atoms with van der Waals surface area (Å²) in [5, 5.41) is -0.503. The normalized spacial score (nSPS) is 15.7. The second-order valence-corrected chi connectivity index (χ2v) is 8.15. The summed E-state index contributed by atoms with van der Waals surface area (Å²) in [6.45, 7) is 3.63. The van der Waals surface area contributed by atoms with Gasteiger partial charge in [-0.25, -0.2) is 0 Å². The van der Waals surface area contributed by atoms with Gasteiger partial charge in [0.05, 0.1) is 18.1 Å². The molecule has 0 aromatic heterocycles. The number of nitrogens with zero attached hydrogens (tertiary/aromatic N) is 1. The van der Waals surface area contributed by atoms with Crippen molar-refractivity contribution >= 4 is 35.0 Å². The van der Waals surface area contributed by atoms with Crippen molar-refractivity contribution in [3.8, 4) is 11.5 Å². The van der Waals surface area contributed by atoms with Crippen LogP contribution in [-0.4, -0.2) is 41.8 Å². The minimum Gasteiger partial charge on any atom is -0.493 e. The Labute approximate surface area is 191 Å². The molecule has 32 heavy (non-hydrogen) atoms. The predicted octanol–water partition coefficient (Wildman–Crippen LogP) is 4.65. The van der Waals surface area contributed by atoms with Gasteiger partial charge < -0.3 is 14.2 Å². The Balaban J connectivity index is 1.70. The highest BCUT2D eigenvalue weighted by atomic mass is 32.2. The molecule has 0 bridgehead atoms. The summed E-state index contributed by atoms with van der Waals surface area (Å²) >= 11 is 0.787. The van der Waals surface area contributed by atoms with E-state index >= 15 is 0 Å². The summed E-state index contributed by atoms with van der Waals surface area (Å²) < 4.78 is 16.4. The molecule has 1 saturated heterocycles. The average Bonchev–Trinajstić information content (AvgIpc) is 3.05. The molecule has 0 aliphatic carbocycles. The number of benzene rings is 2. The lowest BCUT2D eigenvalue weighted by Crippen LogP contribution is -2.35. The van der Waals surface area contributed by atoms with E-state index in [1.807, 2.05) is 37.3 Å². The Hall–Kier alpha value is -3.26. The highest BCUT2D eigenvalue weighted by Crippen LogP contribution is 2.34. The molecular weight excluding hydrogens is 430 g/mol. The molecule has 168 valence electrons. The molecule has 0 radical (unpaired) electrons. The molecule has 1 atom stereocenters. The number of amides is 2. The number of carbonyl (C=O) groups excluding carboxylic acids is 3. The molecule has 1 fully saturated rings. The molecule has 7 nitrogen and oxygen atoms in total. The van der Waals surface area contributed by atoms with Crippen LogP contribution in [0.4, 0.5) is 4.79 Å². The Bertz CT molecular complexity index is 1020. The summed E-state index contributed by atoms with van der Waals surface area (Å²) in [6, 6.07) is 15.0. The first-order valence-corrected chi connectivity index (χ1v) is 11.0. The van der Waals surface area contributed by atoms with Gasteiger partial charge in [-0.1, -0.05) is 43.3 Å². The maximum absolute atomic E-state index is 12.6. The van der Waals surface area contributed by atoms with Crippen molar-refractivity contribution in [3.63, 3.8) is 0 Å². The van der Waals surface area contributed by atoms with Crippen LogP contribution < -0.4 is 9.47 Å². The van der Waals surface area contributed by atoms with Crippen LogP contribution in [0, 0.1) is 0 Å². The first-order chi connectivity index (χ1) is 15.4. The van der Waals surface area contributed by atoms with Gasteiger partial charge in [-0.2, -0.15) is 0 Å². The summed E-state index contributed by atoms with van der Waals surface area (Å²) in [6.07, 6.45) is 1.97. The highest BCUT2D eigenvalue weighted by molar-refractivity contribution is 8.18. The maximum Gasteiger partial charge on any atom is 0.326 e. The molecule has 0 unspecified atom stereocenters. The van der Waals surface area contributed by atoms with Gasteiger partial charge in [-0.3, -0.25) is 19.3 Å². The molecule has 1 heterocycles. The Morgan fingerprint density at radius 2 is 1.88 bits per heavy atom. The first-order valence-electron chi connectivity index (χ1n) is 10.2. The number of esters is 1. The molecule has 0 N–H and O–H groups in total. The van der Waals surface area contributed by atoms with E-state index in [-0.39, 0.29) is 11.0 Å². The lowest BCUT2D eigenvalue weighted by atomic mass is 10.1. The molecule has 8 heteroatoms. The molecule has 3 rings (SSSR count). The highest BCUT2D eigenvalue weighted by Gasteiger charge is 2.36. The van der Waals surface area contributed by atoms with Crippen molar-refractivity contribution < 1.29 is 28.6 Å². The smallest absolute Gasteiger partial charge is 0.326 e. The van der Waals surface area contributed by atoms with Gasteiger partial charge in [0.2, 0.25) is 0 Å². The maximum atomic E-state index is 12.6. The third kappa shape index (κ3) is 5.91. The van der Waals surface area contributed by atoms with Crippen molar-refractivity contribution in [2.45, 2.75) is 33.0 Å². The molecule has 1 aliphatic heterocycles. The number of rotatable bonds is 9. The first kappa shape index (κ1) is 23.4. The van der Waals surface area contributed by atoms with E-state index in [0.717, 1.165) is 22.2 Å². The number of hydrogen-bond acceptors (Lipinski definition) is 7. The van der Waals surface area contributed by atoms with Gasteiger partial charge in [0.1, 0.15) is 13.2 Å². The van der Waals surface area contributed by atoms with Gasteiger partial charge in [0.15, 0.2) is 11.5 Å². The van der Waals surface area contributed by atoms with Gasteiger partial charge in [0, 0.05) is 0 Å². The van der Waals surface area contributed by atoms with Crippen LogP contribution in [0.3, 0.4) is 0 Å². The fraction of sp³-hybridized carbons (Fsp3) is 0.292. The molecule has 1 aliphatic rings. The predicted molar refractivity (Wildman–Crippen MR) is 122 cm³/mol. The monoisotopic (exact) mass is 455 g/mol. The van der Waals surface area contributed by atoms with Crippen LogP contribution in [0.2, 0.25) is 0 Å². The summed E-state index contributed by atoms with van der Waals surface area (Å²) in [5.74, 6) is -0.0607. The molecule has 0 saturated carbocycles. The SMILES string of the molecule is CC[C@@H](C)OC(=O)CN1C(=O)S/C(=C/c2ccc(OCc3ccccc3)c(OC)c2)C1=O. The van der Waals surface area contributed by atoms with E-state index in [2.05, 4.69) is 0 Å². The minimum absolute atomic E-state index is 0.228. The molecule has 2 aromatic rings. The number of imide groups is 1. The summed E-state index contributed by atoms with van der Waals surface area (Å²) in [4.78, 5) is 38.0. The summed E-state index contributed by atoms with van der Waals surface area (Å²) in [5.41, 5.74) is 1.70. The van der Waals surface area contributed by atoms with Crippen LogP contribution in [-0.2, 0) is 20.9 Å². The topological polar surface area (TPSA) is 82.1 Å². The number of ether oxygens (including phenoxy) is 3. The zero-order valence-electron chi connectivity index (χ0n) is 18.2. The van der Waals surface area contributed by atoms with Gasteiger partial charge in [0.25, 0.3) is 11.1 Å². The minimum atomic E-state index is -0.607. The lowest BCUT2D eigenvalue weighted by molar-refractivity contribution is -0.150. The fourth-order valence-corrected chi connectivity index (χ4v) is 3.73. The third-order valence-electron chi connectivity index (χ3n) is 4.79. The van der Waals surface area contributed by atoms with Crippen molar-refractivity contribution in [2.24, 2.45) is 0 Å². The quantitative estimate of drug-likeness (QED) is 0.402. The van der Waals surface area contributed by atoms with E-state index in [1.165, 1.54) is 7.11 Å². The van der Waals surface area contributed by atoms with E-state index in [4.69, 9.17) is 14.2 Å². The van der Waals surface area contributed by atoms with Crippen molar-refractivity contribution in [2.75, 3.05) is 13.7 Å². The van der Waals surface area contributed by atoms with Crippen LogP contribution >= 0.6 is 11.8 Å². The Kier molecular flexibility index (Phi) is 7.94. The Morgan fingerprint density at radius 1 is 1.12 bits per heavy atom. The zero-order chi connectivity index (χ0) is 23.1. The number of carbonyl (C=O) groups is 3. The standard InChI is InChI=1S/C24H25NO6S/c1-4-16(2)31-22(26)14-25-23(27)21(32-24(25)28)13-18-10-11-19(20(12-18)29-3)30-15-17-8-6-5-7-9-17/h5-13,16H,4,14-15H2,1-3H3/b21-13+/t16-/m1/s1. The third-order valence-corrected chi connectivity index (χ3v) is 5.70. The molecule has 2 amide bonds. The molecule has 2 aromatic carbocycles. The van der Waals surface area contributed by atoms with E-state index in [0.29, 0.717) is 30.1 Å². The second kappa shape index (κ2) is 10.9. The van der Waals surface area contributed by atoms with Gasteiger partial charge >= 0.3 is 5.97 Å². The average molecular weight is 456 g/mol. The van der Waals surface area contributed by atoms with Crippen molar-refractivity contribution in [3.05, 3.63) is 64.6 Å². The lowest BCUT2D eigenvalue weighted by Gasteiger charge is -2.14. The van der Waals surface area contributed by atoms with Crippen LogP contribution in [0.15, 0.2) is 53.4 Å². The largest absolute Gasteiger partial charge is 0.493 e. The Morgan fingerprint density at radius 3 is 2.56 bits per heavy atom. The van der Waals surface area contributed by atoms with Crippen LogP contribution in [0.25, 0.3) is 6.08 Å². The molecule has 0 spiro atoms. The van der Waals surface area contributed by atoms with Crippen molar-refractivity contribution in [1.82, 2.24) is 4.90 Å². The second-order valence-electron chi connectivity index (χ2n) is 7.16. The van der Waals surface area contributed by atoms with E-state index in [9.17, 15) is 14.4 Å². The summed E-state index contributed by atoms with van der Waals surface area (Å²) in [7, 11) is 1.53. The van der Waals surface area contributed by atoms with Crippen molar-refractivity contribution in [1.29, 1.82) is 0 Å². The zero-order valence-corrected chi connectivity index (χ0v) is 19.0. The number of hydrogen-bond donors (Lipinski definition) is 0. The van der Waals surface area contributed by atoms with Crippen LogP contribution in [0.5, 0.6) is 11.5 Å². The number of methoxy groups -OCH3 is 1. The number of thioether (sulfide) groups is 1. The fourth-order valence-electron chi connectivity index (χ4n) is 2.89. The molecular formula is C24H25NO6S.